The molecular formula is C28H39N5O2S. The largest absolute Gasteiger partial charge is 0.493 e. The SMILES string of the molecule is Cc1c(OCCCCN(C)C)ccc(C(C)N2CC(CCNC(=O)c3ccc4nsnc4c3)C2)c1C. The summed E-state index contributed by atoms with van der Waals surface area (Å²) >= 11 is 1.17. The Kier molecular flexibility index (Phi) is 8.93. The molecule has 0 spiro atoms. The van der Waals surface area contributed by atoms with Crippen molar-refractivity contribution >= 4 is 28.7 Å². The van der Waals surface area contributed by atoms with Gasteiger partial charge in [0.1, 0.15) is 16.8 Å². The lowest BCUT2D eigenvalue weighted by molar-refractivity contribution is 0.0542. The van der Waals surface area contributed by atoms with E-state index in [2.05, 4.69) is 70.9 Å². The van der Waals surface area contributed by atoms with Gasteiger partial charge in [-0.05, 0) is 108 Å². The summed E-state index contributed by atoms with van der Waals surface area (Å²) in [5, 5.41) is 3.07. The van der Waals surface area contributed by atoms with E-state index < -0.39 is 0 Å². The fraction of sp³-hybridized carbons (Fsp3) is 0.536. The summed E-state index contributed by atoms with van der Waals surface area (Å²) in [6.07, 6.45) is 3.22. The highest BCUT2D eigenvalue weighted by molar-refractivity contribution is 7.00. The second-order valence-electron chi connectivity index (χ2n) is 10.3. The van der Waals surface area contributed by atoms with Gasteiger partial charge < -0.3 is 15.0 Å². The smallest absolute Gasteiger partial charge is 0.251 e. The van der Waals surface area contributed by atoms with Crippen LogP contribution in [0.1, 0.15) is 59.3 Å². The molecule has 3 aromatic rings. The molecule has 1 fully saturated rings. The quantitative estimate of drug-likeness (QED) is 0.352. The standard InChI is InChI=1S/C28H39N5O2S/c1-19-20(2)27(35-15-7-6-14-32(4)5)11-9-24(19)21(3)33-17-22(18-33)12-13-29-28(34)23-8-10-25-26(16-23)31-36-30-25/h8-11,16,21-22H,6-7,12-15,17-18H2,1-5H3,(H,29,34). The lowest BCUT2D eigenvalue weighted by Gasteiger charge is -2.44. The molecule has 1 aliphatic heterocycles. The number of nitrogens with zero attached hydrogens (tertiary/aromatic N) is 4. The topological polar surface area (TPSA) is 70.6 Å². The van der Waals surface area contributed by atoms with Crippen molar-refractivity contribution in [2.75, 3.05) is 46.9 Å². The van der Waals surface area contributed by atoms with Gasteiger partial charge in [0.05, 0.1) is 18.3 Å². The number of likely N-dealkylation sites (tertiary alicyclic amines) is 1. The molecule has 1 amide bonds. The van der Waals surface area contributed by atoms with Crippen LogP contribution in [0.5, 0.6) is 5.75 Å². The van der Waals surface area contributed by atoms with Crippen LogP contribution in [0, 0.1) is 19.8 Å². The average molecular weight is 510 g/mol. The molecule has 1 aromatic heterocycles. The van der Waals surface area contributed by atoms with Crippen molar-refractivity contribution in [2.24, 2.45) is 5.92 Å². The van der Waals surface area contributed by atoms with Gasteiger partial charge in [-0.3, -0.25) is 9.69 Å². The minimum Gasteiger partial charge on any atom is -0.493 e. The normalized spacial score (nSPS) is 15.3. The summed E-state index contributed by atoms with van der Waals surface area (Å²) in [6, 6.07) is 10.2. The van der Waals surface area contributed by atoms with E-state index in [1.54, 1.807) is 0 Å². The molecule has 7 nitrogen and oxygen atoms in total. The predicted octanol–water partition coefficient (Wildman–Crippen LogP) is 4.84. The molecule has 0 bridgehead atoms. The van der Waals surface area contributed by atoms with Crippen molar-refractivity contribution in [2.45, 2.75) is 46.1 Å². The van der Waals surface area contributed by atoms with Crippen molar-refractivity contribution < 1.29 is 9.53 Å². The minimum absolute atomic E-state index is 0.0412. The van der Waals surface area contributed by atoms with Crippen molar-refractivity contribution in [3.63, 3.8) is 0 Å². The van der Waals surface area contributed by atoms with Gasteiger partial charge in [-0.25, -0.2) is 0 Å². The zero-order valence-corrected chi connectivity index (χ0v) is 23.0. The minimum atomic E-state index is -0.0412. The molecule has 1 aliphatic rings. The molecule has 0 aliphatic carbocycles. The van der Waals surface area contributed by atoms with E-state index in [4.69, 9.17) is 4.74 Å². The molecule has 1 saturated heterocycles. The van der Waals surface area contributed by atoms with Gasteiger partial charge in [-0.1, -0.05) is 6.07 Å². The Morgan fingerprint density at radius 1 is 1.14 bits per heavy atom. The molecule has 1 N–H and O–H groups in total. The van der Waals surface area contributed by atoms with Crippen molar-refractivity contribution in [1.82, 2.24) is 23.9 Å². The molecule has 0 radical (unpaired) electrons. The third-order valence-corrected chi connectivity index (χ3v) is 7.93. The number of hydrogen-bond donors (Lipinski definition) is 1. The summed E-state index contributed by atoms with van der Waals surface area (Å²) in [7, 11) is 4.22. The third-order valence-electron chi connectivity index (χ3n) is 7.37. The first kappa shape index (κ1) is 26.5. The van der Waals surface area contributed by atoms with E-state index in [-0.39, 0.29) is 5.91 Å². The highest BCUT2D eigenvalue weighted by Gasteiger charge is 2.31. The lowest BCUT2D eigenvalue weighted by atomic mass is 9.90. The fourth-order valence-corrected chi connectivity index (χ4v) is 5.38. The van der Waals surface area contributed by atoms with Gasteiger partial charge in [0.15, 0.2) is 0 Å². The number of nitrogens with one attached hydrogen (secondary N) is 1. The number of amides is 1. The highest BCUT2D eigenvalue weighted by atomic mass is 32.1. The fourth-order valence-electron chi connectivity index (χ4n) is 4.86. The summed E-state index contributed by atoms with van der Waals surface area (Å²) in [4.78, 5) is 17.2. The first-order chi connectivity index (χ1) is 17.3. The van der Waals surface area contributed by atoms with Gasteiger partial charge in [-0.15, -0.1) is 0 Å². The van der Waals surface area contributed by atoms with Crippen LogP contribution in [0.15, 0.2) is 30.3 Å². The number of carbonyl (C=O) groups excluding carboxylic acids is 1. The number of benzene rings is 2. The Morgan fingerprint density at radius 3 is 2.69 bits per heavy atom. The number of unbranched alkanes of at least 4 members (excludes halogenated alkanes) is 1. The number of aromatic nitrogens is 2. The van der Waals surface area contributed by atoms with E-state index in [9.17, 15) is 4.79 Å². The van der Waals surface area contributed by atoms with Gasteiger partial charge in [-0.2, -0.15) is 8.75 Å². The summed E-state index contributed by atoms with van der Waals surface area (Å²) < 4.78 is 14.5. The van der Waals surface area contributed by atoms with E-state index in [1.165, 1.54) is 28.4 Å². The molecule has 4 rings (SSSR count). The number of rotatable bonds is 12. The second kappa shape index (κ2) is 12.1. The van der Waals surface area contributed by atoms with Crippen molar-refractivity contribution in [3.8, 4) is 5.75 Å². The Balaban J connectivity index is 1.20. The third kappa shape index (κ3) is 6.41. The van der Waals surface area contributed by atoms with Gasteiger partial charge in [0.25, 0.3) is 5.91 Å². The van der Waals surface area contributed by atoms with Crippen LogP contribution in [-0.4, -0.2) is 71.3 Å². The number of fused-ring (bicyclic) bond motifs is 1. The van der Waals surface area contributed by atoms with Crippen LogP contribution in [-0.2, 0) is 0 Å². The zero-order chi connectivity index (χ0) is 25.7. The Bertz CT molecular complexity index is 1170. The maximum absolute atomic E-state index is 12.5. The van der Waals surface area contributed by atoms with Crippen LogP contribution in [0.3, 0.4) is 0 Å². The molecule has 1 unspecified atom stereocenters. The summed E-state index contributed by atoms with van der Waals surface area (Å²) in [5.41, 5.74) is 6.22. The Labute approximate surface area is 219 Å². The van der Waals surface area contributed by atoms with E-state index >= 15 is 0 Å². The van der Waals surface area contributed by atoms with Crippen molar-refractivity contribution in [3.05, 3.63) is 52.6 Å². The van der Waals surface area contributed by atoms with Crippen LogP contribution in [0.2, 0.25) is 0 Å². The second-order valence-corrected chi connectivity index (χ2v) is 10.8. The molecule has 194 valence electrons. The van der Waals surface area contributed by atoms with Crippen molar-refractivity contribution in [1.29, 1.82) is 0 Å². The lowest BCUT2D eigenvalue weighted by Crippen LogP contribution is -2.48. The first-order valence-corrected chi connectivity index (χ1v) is 13.7. The van der Waals surface area contributed by atoms with E-state index in [1.807, 2.05) is 18.2 Å². The molecule has 2 heterocycles. The van der Waals surface area contributed by atoms with Crippen LogP contribution in [0.4, 0.5) is 0 Å². The summed E-state index contributed by atoms with van der Waals surface area (Å²) in [5.74, 6) is 1.58. The molecular weight excluding hydrogens is 470 g/mol. The van der Waals surface area contributed by atoms with Gasteiger partial charge >= 0.3 is 0 Å². The number of ether oxygens (including phenoxy) is 1. The monoisotopic (exact) mass is 509 g/mol. The number of carbonyl (C=O) groups is 1. The molecule has 2 aromatic carbocycles. The molecule has 1 atom stereocenters. The number of hydrogen-bond acceptors (Lipinski definition) is 7. The van der Waals surface area contributed by atoms with Crippen LogP contribution >= 0.6 is 11.7 Å². The summed E-state index contributed by atoms with van der Waals surface area (Å²) in [6.45, 7) is 11.4. The molecule has 8 heteroatoms. The Hall–Kier alpha value is -2.55. The average Bonchev–Trinajstić information content (AvgIpc) is 3.30. The maximum Gasteiger partial charge on any atom is 0.251 e. The Morgan fingerprint density at radius 2 is 1.92 bits per heavy atom. The van der Waals surface area contributed by atoms with Crippen LogP contribution < -0.4 is 10.1 Å². The zero-order valence-electron chi connectivity index (χ0n) is 22.2. The molecule has 36 heavy (non-hydrogen) atoms. The predicted molar refractivity (Wildman–Crippen MR) is 147 cm³/mol. The van der Waals surface area contributed by atoms with Gasteiger partial charge in [0.2, 0.25) is 0 Å². The van der Waals surface area contributed by atoms with Crippen LogP contribution in [0.25, 0.3) is 11.0 Å². The molecule has 0 saturated carbocycles. The first-order valence-electron chi connectivity index (χ1n) is 13.0. The highest BCUT2D eigenvalue weighted by Crippen LogP contribution is 2.34. The van der Waals surface area contributed by atoms with E-state index in [0.29, 0.717) is 24.1 Å². The van der Waals surface area contributed by atoms with Gasteiger partial charge in [0, 0.05) is 31.2 Å². The maximum atomic E-state index is 12.5. The van der Waals surface area contributed by atoms with E-state index in [0.717, 1.165) is 62.3 Å².